The molecule has 0 radical (unpaired) electrons. The maximum absolute atomic E-state index is 12.6. The van der Waals surface area contributed by atoms with Crippen molar-refractivity contribution in [2.24, 2.45) is 0 Å². The normalized spacial score (nSPS) is 9.95. The van der Waals surface area contributed by atoms with Gasteiger partial charge >= 0.3 is 0 Å². The fourth-order valence-electron chi connectivity index (χ4n) is 1.87. The third-order valence-electron chi connectivity index (χ3n) is 2.90. The zero-order valence-electron chi connectivity index (χ0n) is 11.5. The van der Waals surface area contributed by atoms with Crippen molar-refractivity contribution >= 4 is 5.78 Å². The van der Waals surface area contributed by atoms with E-state index in [1.807, 2.05) is 0 Å². The molecule has 0 atom stereocenters. The van der Waals surface area contributed by atoms with Crippen LogP contribution in [-0.4, -0.2) is 32.1 Å². The summed E-state index contributed by atoms with van der Waals surface area (Å²) in [4.78, 5) is 16.6. The SMILES string of the molecule is COc1ccc(OC)c(C(=O)c2ccncc2OC)c1. The molecule has 0 aliphatic rings. The summed E-state index contributed by atoms with van der Waals surface area (Å²) in [6, 6.07) is 6.68. The number of hydrogen-bond acceptors (Lipinski definition) is 5. The van der Waals surface area contributed by atoms with Crippen molar-refractivity contribution in [2.45, 2.75) is 0 Å². The molecule has 0 unspecified atom stereocenters. The molecule has 0 N–H and O–H groups in total. The van der Waals surface area contributed by atoms with Gasteiger partial charge in [0.2, 0.25) is 5.78 Å². The molecule has 104 valence electrons. The Balaban J connectivity index is 2.52. The molecule has 5 nitrogen and oxygen atoms in total. The first-order valence-electron chi connectivity index (χ1n) is 5.96. The van der Waals surface area contributed by atoms with E-state index in [0.717, 1.165) is 0 Å². The highest BCUT2D eigenvalue weighted by atomic mass is 16.5. The molecule has 1 aromatic heterocycles. The zero-order valence-corrected chi connectivity index (χ0v) is 11.5. The van der Waals surface area contributed by atoms with Gasteiger partial charge in [-0.25, -0.2) is 0 Å². The second-order valence-electron chi connectivity index (χ2n) is 3.97. The van der Waals surface area contributed by atoms with E-state index in [2.05, 4.69) is 4.98 Å². The summed E-state index contributed by atoms with van der Waals surface area (Å²) in [7, 11) is 4.56. The van der Waals surface area contributed by atoms with Crippen molar-refractivity contribution in [2.75, 3.05) is 21.3 Å². The maximum atomic E-state index is 12.6. The highest BCUT2D eigenvalue weighted by molar-refractivity contribution is 6.12. The Morgan fingerprint density at radius 1 is 0.950 bits per heavy atom. The van der Waals surface area contributed by atoms with E-state index in [-0.39, 0.29) is 5.78 Å². The van der Waals surface area contributed by atoms with E-state index < -0.39 is 0 Å². The fraction of sp³-hybridized carbons (Fsp3) is 0.200. The second-order valence-corrected chi connectivity index (χ2v) is 3.97. The molecule has 2 aromatic rings. The van der Waals surface area contributed by atoms with Crippen molar-refractivity contribution in [1.82, 2.24) is 4.98 Å². The number of carbonyl (C=O) groups is 1. The number of methoxy groups -OCH3 is 3. The topological polar surface area (TPSA) is 57.7 Å². The highest BCUT2D eigenvalue weighted by Gasteiger charge is 2.19. The van der Waals surface area contributed by atoms with Crippen LogP contribution in [0.2, 0.25) is 0 Å². The van der Waals surface area contributed by atoms with E-state index >= 15 is 0 Å². The number of hydrogen-bond donors (Lipinski definition) is 0. The Morgan fingerprint density at radius 3 is 2.35 bits per heavy atom. The first-order valence-corrected chi connectivity index (χ1v) is 5.96. The molecule has 20 heavy (non-hydrogen) atoms. The molecular formula is C15H15NO4. The van der Waals surface area contributed by atoms with Gasteiger partial charge in [-0.15, -0.1) is 0 Å². The number of benzene rings is 1. The van der Waals surface area contributed by atoms with Gasteiger partial charge in [0, 0.05) is 6.20 Å². The third kappa shape index (κ3) is 2.56. The monoisotopic (exact) mass is 273 g/mol. The van der Waals surface area contributed by atoms with Gasteiger partial charge in [-0.05, 0) is 24.3 Å². The first-order chi connectivity index (χ1) is 9.71. The van der Waals surface area contributed by atoms with Gasteiger partial charge < -0.3 is 14.2 Å². The molecule has 0 saturated carbocycles. The summed E-state index contributed by atoms with van der Waals surface area (Å²) in [6.45, 7) is 0. The number of ketones is 1. The minimum Gasteiger partial charge on any atom is -0.497 e. The van der Waals surface area contributed by atoms with Crippen LogP contribution >= 0.6 is 0 Å². The molecule has 0 amide bonds. The number of aromatic nitrogens is 1. The van der Waals surface area contributed by atoms with Gasteiger partial charge in [0.1, 0.15) is 17.2 Å². The minimum atomic E-state index is -0.208. The summed E-state index contributed by atoms with van der Waals surface area (Å²) in [6.07, 6.45) is 3.04. The van der Waals surface area contributed by atoms with Gasteiger partial charge in [0.25, 0.3) is 0 Å². The number of nitrogens with zero attached hydrogens (tertiary/aromatic N) is 1. The van der Waals surface area contributed by atoms with Crippen LogP contribution in [-0.2, 0) is 0 Å². The van der Waals surface area contributed by atoms with E-state index in [4.69, 9.17) is 14.2 Å². The molecule has 1 heterocycles. The minimum absolute atomic E-state index is 0.208. The van der Waals surface area contributed by atoms with Crippen LogP contribution in [0.3, 0.4) is 0 Å². The largest absolute Gasteiger partial charge is 0.497 e. The van der Waals surface area contributed by atoms with Gasteiger partial charge in [0.15, 0.2) is 0 Å². The van der Waals surface area contributed by atoms with Crippen molar-refractivity contribution in [3.05, 3.63) is 47.8 Å². The molecule has 0 fully saturated rings. The molecule has 5 heteroatoms. The number of carbonyl (C=O) groups excluding carboxylic acids is 1. The molecule has 2 rings (SSSR count). The summed E-state index contributed by atoms with van der Waals surface area (Å²) in [5.74, 6) is 1.28. The van der Waals surface area contributed by atoms with Crippen molar-refractivity contribution in [3.63, 3.8) is 0 Å². The van der Waals surface area contributed by atoms with Gasteiger partial charge in [-0.3, -0.25) is 9.78 Å². The Bertz CT molecular complexity index is 625. The quantitative estimate of drug-likeness (QED) is 0.783. The first kappa shape index (κ1) is 13.9. The van der Waals surface area contributed by atoms with E-state index in [9.17, 15) is 4.79 Å². The lowest BCUT2D eigenvalue weighted by Crippen LogP contribution is -2.06. The summed E-state index contributed by atoms with van der Waals surface area (Å²) in [5, 5.41) is 0. The third-order valence-corrected chi connectivity index (χ3v) is 2.90. The van der Waals surface area contributed by atoms with Crippen LogP contribution in [0.25, 0.3) is 0 Å². The predicted octanol–water partition coefficient (Wildman–Crippen LogP) is 2.34. The average molecular weight is 273 g/mol. The number of pyridine rings is 1. The molecule has 1 aromatic carbocycles. The summed E-state index contributed by atoms with van der Waals surface area (Å²) >= 11 is 0. The van der Waals surface area contributed by atoms with Gasteiger partial charge in [-0.2, -0.15) is 0 Å². The van der Waals surface area contributed by atoms with Crippen molar-refractivity contribution in [3.8, 4) is 17.2 Å². The average Bonchev–Trinajstić information content (AvgIpc) is 2.53. The van der Waals surface area contributed by atoms with Crippen LogP contribution in [0.15, 0.2) is 36.7 Å². The van der Waals surface area contributed by atoms with Crippen molar-refractivity contribution < 1.29 is 19.0 Å². The lowest BCUT2D eigenvalue weighted by Gasteiger charge is -2.11. The Labute approximate surface area is 117 Å². The molecule has 0 aliphatic carbocycles. The molecule has 0 aliphatic heterocycles. The molecular weight excluding hydrogens is 258 g/mol. The van der Waals surface area contributed by atoms with Crippen molar-refractivity contribution in [1.29, 1.82) is 0 Å². The molecule has 0 saturated heterocycles. The van der Waals surface area contributed by atoms with Crippen LogP contribution in [0.1, 0.15) is 15.9 Å². The van der Waals surface area contributed by atoms with Gasteiger partial charge in [0.05, 0.1) is 38.7 Å². The molecule has 0 bridgehead atoms. The second kappa shape index (κ2) is 6.06. The van der Waals surface area contributed by atoms with E-state index in [0.29, 0.717) is 28.4 Å². The van der Waals surface area contributed by atoms with Crippen LogP contribution in [0, 0.1) is 0 Å². The summed E-state index contributed by atoms with van der Waals surface area (Å²) < 4.78 is 15.5. The van der Waals surface area contributed by atoms with Crippen LogP contribution < -0.4 is 14.2 Å². The predicted molar refractivity (Wildman–Crippen MR) is 73.8 cm³/mol. The van der Waals surface area contributed by atoms with E-state index in [1.165, 1.54) is 20.4 Å². The Kier molecular flexibility index (Phi) is 4.20. The lowest BCUT2D eigenvalue weighted by atomic mass is 10.0. The Morgan fingerprint density at radius 2 is 1.70 bits per heavy atom. The standard InChI is InChI=1S/C15H15NO4/c1-18-10-4-5-13(19-2)12(8-10)15(17)11-6-7-16-9-14(11)20-3/h4-9H,1-3H3. The Hall–Kier alpha value is -2.56. The molecule has 0 spiro atoms. The smallest absolute Gasteiger partial charge is 0.200 e. The van der Waals surface area contributed by atoms with E-state index in [1.54, 1.807) is 37.6 Å². The zero-order chi connectivity index (χ0) is 14.5. The van der Waals surface area contributed by atoms with Crippen LogP contribution in [0.4, 0.5) is 0 Å². The fourth-order valence-corrected chi connectivity index (χ4v) is 1.87. The number of rotatable bonds is 5. The highest BCUT2D eigenvalue weighted by Crippen LogP contribution is 2.28. The number of ether oxygens (including phenoxy) is 3. The van der Waals surface area contributed by atoms with Gasteiger partial charge in [-0.1, -0.05) is 0 Å². The maximum Gasteiger partial charge on any atom is 0.200 e. The van der Waals surface area contributed by atoms with Crippen LogP contribution in [0.5, 0.6) is 17.2 Å². The lowest BCUT2D eigenvalue weighted by molar-refractivity contribution is 0.103. The summed E-state index contributed by atoms with van der Waals surface area (Å²) in [5.41, 5.74) is 0.838.